The molecule has 31 heavy (non-hydrogen) atoms. The Morgan fingerprint density at radius 3 is 2.35 bits per heavy atom. The highest BCUT2D eigenvalue weighted by Crippen LogP contribution is 2.29. The molecule has 0 amide bonds. The van der Waals surface area contributed by atoms with Gasteiger partial charge in [-0.2, -0.15) is 0 Å². The summed E-state index contributed by atoms with van der Waals surface area (Å²) in [4.78, 5) is 12.0. The molecule has 6 nitrogen and oxygen atoms in total. The predicted octanol–water partition coefficient (Wildman–Crippen LogP) is 4.89. The van der Waals surface area contributed by atoms with E-state index in [9.17, 15) is 0 Å². The summed E-state index contributed by atoms with van der Waals surface area (Å²) in [6.45, 7) is 3.41. The first kappa shape index (κ1) is 19.3. The summed E-state index contributed by atoms with van der Waals surface area (Å²) in [5.74, 6) is 2.27. The van der Waals surface area contributed by atoms with Crippen molar-refractivity contribution in [3.8, 4) is 17.1 Å². The van der Waals surface area contributed by atoms with Crippen molar-refractivity contribution < 1.29 is 9.47 Å². The van der Waals surface area contributed by atoms with Crippen LogP contribution in [0, 0.1) is 0 Å². The van der Waals surface area contributed by atoms with E-state index < -0.39 is 0 Å². The molecule has 4 aromatic rings. The minimum absolute atomic E-state index is 0.675. The van der Waals surface area contributed by atoms with E-state index in [2.05, 4.69) is 34.5 Å². The largest absolute Gasteiger partial charge is 0.497 e. The van der Waals surface area contributed by atoms with Gasteiger partial charge in [-0.3, -0.25) is 0 Å². The molecular formula is C25H24N4O2. The van der Waals surface area contributed by atoms with Crippen molar-refractivity contribution in [2.75, 3.05) is 43.6 Å². The number of aromatic nitrogens is 2. The van der Waals surface area contributed by atoms with Crippen LogP contribution in [0.4, 0.5) is 17.2 Å². The molecule has 1 saturated heterocycles. The second-order valence-electron chi connectivity index (χ2n) is 7.41. The number of morpholine rings is 1. The van der Waals surface area contributed by atoms with Crippen molar-refractivity contribution >= 4 is 28.1 Å². The van der Waals surface area contributed by atoms with Gasteiger partial charge in [-0.25, -0.2) is 9.97 Å². The maximum absolute atomic E-state index is 5.45. The lowest BCUT2D eigenvalue weighted by atomic mass is 10.1. The number of methoxy groups -OCH3 is 1. The molecule has 5 rings (SSSR count). The van der Waals surface area contributed by atoms with Gasteiger partial charge in [0, 0.05) is 35.4 Å². The van der Waals surface area contributed by atoms with Crippen LogP contribution in [0.5, 0.6) is 5.75 Å². The molecule has 2 heterocycles. The predicted molar refractivity (Wildman–Crippen MR) is 124 cm³/mol. The molecule has 0 unspecified atom stereocenters. The Bertz CT molecular complexity index is 1170. The number of nitrogens with zero attached hydrogens (tertiary/aromatic N) is 3. The molecule has 0 aliphatic carbocycles. The van der Waals surface area contributed by atoms with Gasteiger partial charge in [0.2, 0.25) is 0 Å². The van der Waals surface area contributed by atoms with Crippen molar-refractivity contribution in [3.63, 3.8) is 0 Å². The second kappa shape index (κ2) is 8.62. The summed E-state index contributed by atoms with van der Waals surface area (Å²) in [7, 11) is 1.66. The Labute approximate surface area is 181 Å². The maximum atomic E-state index is 5.45. The molecule has 0 atom stereocenters. The first-order valence-electron chi connectivity index (χ1n) is 10.4. The summed E-state index contributed by atoms with van der Waals surface area (Å²) >= 11 is 0. The fourth-order valence-corrected chi connectivity index (χ4v) is 3.75. The standard InChI is InChI=1S/C25H24N4O2/c1-30-21-12-6-18(7-13-21)24-27-23-5-3-2-4-22(23)25(28-24)26-19-8-10-20(11-9-19)29-14-16-31-17-15-29/h2-13H,14-17H2,1H3,(H,26,27,28). The third-order valence-electron chi connectivity index (χ3n) is 5.46. The van der Waals surface area contributed by atoms with Crippen LogP contribution >= 0.6 is 0 Å². The summed E-state index contributed by atoms with van der Waals surface area (Å²) in [5, 5.41) is 4.47. The molecule has 156 valence electrons. The lowest BCUT2D eigenvalue weighted by Gasteiger charge is -2.28. The molecular weight excluding hydrogens is 388 g/mol. The first-order chi connectivity index (χ1) is 15.3. The van der Waals surface area contributed by atoms with Crippen molar-refractivity contribution in [1.29, 1.82) is 0 Å². The van der Waals surface area contributed by atoms with Gasteiger partial charge >= 0.3 is 0 Å². The number of fused-ring (bicyclic) bond motifs is 1. The highest BCUT2D eigenvalue weighted by atomic mass is 16.5. The normalized spacial score (nSPS) is 13.9. The number of ether oxygens (including phenoxy) is 2. The van der Waals surface area contributed by atoms with E-state index in [0.717, 1.165) is 60.0 Å². The van der Waals surface area contributed by atoms with Crippen molar-refractivity contribution in [1.82, 2.24) is 9.97 Å². The summed E-state index contributed by atoms with van der Waals surface area (Å²) in [6, 6.07) is 24.3. The molecule has 1 N–H and O–H groups in total. The number of para-hydroxylation sites is 1. The Morgan fingerprint density at radius 1 is 0.871 bits per heavy atom. The van der Waals surface area contributed by atoms with E-state index in [1.54, 1.807) is 7.11 Å². The van der Waals surface area contributed by atoms with Gasteiger partial charge in [0.25, 0.3) is 0 Å². The Balaban J connectivity index is 1.46. The topological polar surface area (TPSA) is 59.5 Å². The van der Waals surface area contributed by atoms with E-state index >= 15 is 0 Å². The Morgan fingerprint density at radius 2 is 1.61 bits per heavy atom. The smallest absolute Gasteiger partial charge is 0.162 e. The zero-order valence-electron chi connectivity index (χ0n) is 17.4. The molecule has 1 aliphatic rings. The van der Waals surface area contributed by atoms with Crippen LogP contribution in [0.1, 0.15) is 0 Å². The third kappa shape index (κ3) is 4.15. The van der Waals surface area contributed by atoms with Crippen LogP contribution in [0.15, 0.2) is 72.8 Å². The van der Waals surface area contributed by atoms with Crippen LogP contribution < -0.4 is 15.0 Å². The molecule has 3 aromatic carbocycles. The lowest BCUT2D eigenvalue weighted by molar-refractivity contribution is 0.122. The SMILES string of the molecule is COc1ccc(-c2nc(Nc3ccc(N4CCOCC4)cc3)c3ccccc3n2)cc1. The van der Waals surface area contributed by atoms with Gasteiger partial charge in [0.1, 0.15) is 11.6 Å². The van der Waals surface area contributed by atoms with Gasteiger partial charge in [0.15, 0.2) is 5.82 Å². The third-order valence-corrected chi connectivity index (χ3v) is 5.46. The van der Waals surface area contributed by atoms with E-state index in [1.807, 2.05) is 48.5 Å². The van der Waals surface area contributed by atoms with Crippen LogP contribution in [-0.2, 0) is 4.74 Å². The van der Waals surface area contributed by atoms with Crippen molar-refractivity contribution in [3.05, 3.63) is 72.8 Å². The summed E-state index contributed by atoms with van der Waals surface area (Å²) in [6.07, 6.45) is 0. The molecule has 1 aromatic heterocycles. The lowest BCUT2D eigenvalue weighted by Crippen LogP contribution is -2.36. The van der Waals surface area contributed by atoms with E-state index in [0.29, 0.717) is 5.82 Å². The van der Waals surface area contributed by atoms with Crippen molar-refractivity contribution in [2.24, 2.45) is 0 Å². The highest BCUT2D eigenvalue weighted by molar-refractivity contribution is 5.92. The van der Waals surface area contributed by atoms with Crippen LogP contribution in [0.2, 0.25) is 0 Å². The van der Waals surface area contributed by atoms with E-state index in [4.69, 9.17) is 19.4 Å². The second-order valence-corrected chi connectivity index (χ2v) is 7.41. The minimum atomic E-state index is 0.675. The van der Waals surface area contributed by atoms with Gasteiger partial charge in [-0.15, -0.1) is 0 Å². The Kier molecular flexibility index (Phi) is 5.37. The average molecular weight is 412 g/mol. The Hall–Kier alpha value is -3.64. The van der Waals surface area contributed by atoms with Gasteiger partial charge in [0.05, 0.1) is 25.8 Å². The minimum Gasteiger partial charge on any atom is -0.497 e. The van der Waals surface area contributed by atoms with Crippen LogP contribution in [-0.4, -0.2) is 43.4 Å². The molecule has 0 saturated carbocycles. The fourth-order valence-electron chi connectivity index (χ4n) is 3.75. The fraction of sp³-hybridized carbons (Fsp3) is 0.200. The maximum Gasteiger partial charge on any atom is 0.162 e. The molecule has 0 radical (unpaired) electrons. The first-order valence-corrected chi connectivity index (χ1v) is 10.4. The van der Waals surface area contributed by atoms with Crippen molar-refractivity contribution in [2.45, 2.75) is 0 Å². The summed E-state index contributed by atoms with van der Waals surface area (Å²) in [5.41, 5.74) is 4.04. The molecule has 1 aliphatic heterocycles. The molecule has 0 spiro atoms. The van der Waals surface area contributed by atoms with Crippen LogP contribution in [0.25, 0.3) is 22.3 Å². The summed E-state index contributed by atoms with van der Waals surface area (Å²) < 4.78 is 10.7. The quantitative estimate of drug-likeness (QED) is 0.504. The van der Waals surface area contributed by atoms with E-state index in [-0.39, 0.29) is 0 Å². The van der Waals surface area contributed by atoms with Gasteiger partial charge in [-0.05, 0) is 60.7 Å². The monoisotopic (exact) mass is 412 g/mol. The number of benzene rings is 3. The van der Waals surface area contributed by atoms with Crippen LogP contribution in [0.3, 0.4) is 0 Å². The average Bonchev–Trinajstić information content (AvgIpc) is 2.85. The molecule has 0 bridgehead atoms. The van der Waals surface area contributed by atoms with E-state index in [1.165, 1.54) is 5.69 Å². The number of rotatable bonds is 5. The number of nitrogens with one attached hydrogen (secondary N) is 1. The molecule has 1 fully saturated rings. The van der Waals surface area contributed by atoms with Gasteiger partial charge in [-0.1, -0.05) is 12.1 Å². The number of anilines is 3. The number of hydrogen-bond acceptors (Lipinski definition) is 6. The molecule has 6 heteroatoms. The zero-order valence-corrected chi connectivity index (χ0v) is 17.4. The van der Waals surface area contributed by atoms with Gasteiger partial charge < -0.3 is 19.7 Å². The number of hydrogen-bond donors (Lipinski definition) is 1. The zero-order chi connectivity index (χ0) is 21.0. The highest BCUT2D eigenvalue weighted by Gasteiger charge is 2.12.